The second-order valence-electron chi connectivity index (χ2n) is 6.22. The van der Waals surface area contributed by atoms with Crippen molar-refractivity contribution in [3.8, 4) is 0 Å². The summed E-state index contributed by atoms with van der Waals surface area (Å²) >= 11 is 0. The first kappa shape index (κ1) is 15.9. The molecule has 18 heavy (non-hydrogen) atoms. The first-order valence-corrected chi connectivity index (χ1v) is 7.01. The molecule has 108 valence electrons. The van der Waals surface area contributed by atoms with Crippen LogP contribution in [0.2, 0.25) is 0 Å². The van der Waals surface area contributed by atoms with Crippen LogP contribution < -0.4 is 5.32 Å². The van der Waals surface area contributed by atoms with Crippen molar-refractivity contribution in [3.63, 3.8) is 0 Å². The maximum atomic E-state index is 5.58. The second-order valence-corrected chi connectivity index (χ2v) is 6.22. The van der Waals surface area contributed by atoms with Gasteiger partial charge >= 0.3 is 0 Å². The smallest absolute Gasteiger partial charge is 0.0645 e. The molecule has 0 aromatic rings. The molecule has 1 saturated heterocycles. The molecule has 0 aliphatic carbocycles. The normalized spacial score (nSPS) is 22.3. The lowest BCUT2D eigenvalue weighted by atomic mass is 9.99. The van der Waals surface area contributed by atoms with Crippen molar-refractivity contribution < 1.29 is 9.47 Å². The van der Waals surface area contributed by atoms with Crippen molar-refractivity contribution in [1.82, 2.24) is 10.2 Å². The van der Waals surface area contributed by atoms with Crippen molar-refractivity contribution in [2.24, 2.45) is 5.92 Å². The zero-order chi connectivity index (χ0) is 13.6. The molecule has 0 amide bonds. The topological polar surface area (TPSA) is 33.7 Å². The standard InChI is InChI=1S/C14H30N2O2/c1-12(2)8-15-9-13(10-17-5)16-6-7-18-11-14(16,3)4/h12-13,15H,6-11H2,1-5H3. The Bertz CT molecular complexity index is 232. The summed E-state index contributed by atoms with van der Waals surface area (Å²) in [5, 5.41) is 3.54. The van der Waals surface area contributed by atoms with E-state index in [2.05, 4.69) is 37.9 Å². The van der Waals surface area contributed by atoms with Gasteiger partial charge in [-0.15, -0.1) is 0 Å². The van der Waals surface area contributed by atoms with Gasteiger partial charge in [-0.25, -0.2) is 0 Å². The number of hydrogen-bond donors (Lipinski definition) is 1. The Hall–Kier alpha value is -0.160. The van der Waals surface area contributed by atoms with Gasteiger partial charge in [0, 0.05) is 31.8 Å². The summed E-state index contributed by atoms with van der Waals surface area (Å²) in [6.07, 6.45) is 0. The minimum Gasteiger partial charge on any atom is -0.383 e. The molecule has 1 fully saturated rings. The molecule has 1 atom stereocenters. The van der Waals surface area contributed by atoms with E-state index in [1.165, 1.54) is 0 Å². The first-order valence-electron chi connectivity index (χ1n) is 7.01. The van der Waals surface area contributed by atoms with Gasteiger partial charge in [0.1, 0.15) is 0 Å². The van der Waals surface area contributed by atoms with Crippen LogP contribution in [0, 0.1) is 5.92 Å². The predicted molar refractivity (Wildman–Crippen MR) is 75.0 cm³/mol. The SMILES string of the molecule is COCC(CNCC(C)C)N1CCOCC1(C)C. The maximum Gasteiger partial charge on any atom is 0.0645 e. The third-order valence-electron chi connectivity index (χ3n) is 3.44. The average Bonchev–Trinajstić information content (AvgIpc) is 2.27. The molecule has 0 saturated carbocycles. The number of rotatable bonds is 7. The molecular formula is C14H30N2O2. The van der Waals surface area contributed by atoms with Crippen molar-refractivity contribution in [1.29, 1.82) is 0 Å². The predicted octanol–water partition coefficient (Wildman–Crippen LogP) is 1.36. The highest BCUT2D eigenvalue weighted by Crippen LogP contribution is 2.21. The van der Waals surface area contributed by atoms with Crippen LogP contribution in [0.5, 0.6) is 0 Å². The molecular weight excluding hydrogens is 228 g/mol. The minimum absolute atomic E-state index is 0.0982. The lowest BCUT2D eigenvalue weighted by Gasteiger charge is -2.46. The fourth-order valence-corrected chi connectivity index (χ4v) is 2.54. The highest BCUT2D eigenvalue weighted by molar-refractivity contribution is 4.90. The Morgan fingerprint density at radius 2 is 2.06 bits per heavy atom. The molecule has 1 N–H and O–H groups in total. The highest BCUT2D eigenvalue weighted by atomic mass is 16.5. The summed E-state index contributed by atoms with van der Waals surface area (Å²) in [6.45, 7) is 14.4. The molecule has 1 heterocycles. The summed E-state index contributed by atoms with van der Waals surface area (Å²) in [4.78, 5) is 2.52. The number of morpholine rings is 1. The zero-order valence-corrected chi connectivity index (χ0v) is 12.7. The maximum absolute atomic E-state index is 5.58. The van der Waals surface area contributed by atoms with Crippen molar-refractivity contribution in [3.05, 3.63) is 0 Å². The summed E-state index contributed by atoms with van der Waals surface area (Å²) in [5.41, 5.74) is 0.0982. The van der Waals surface area contributed by atoms with E-state index in [1.54, 1.807) is 7.11 Å². The fraction of sp³-hybridized carbons (Fsp3) is 1.00. The number of methoxy groups -OCH3 is 1. The monoisotopic (exact) mass is 258 g/mol. The summed E-state index contributed by atoms with van der Waals surface area (Å²) < 4.78 is 11.0. The zero-order valence-electron chi connectivity index (χ0n) is 12.7. The number of ether oxygens (including phenoxy) is 2. The van der Waals surface area contributed by atoms with Crippen LogP contribution in [-0.4, -0.2) is 63.0 Å². The number of nitrogens with one attached hydrogen (secondary N) is 1. The molecule has 4 nitrogen and oxygen atoms in total. The Labute approximate surface area is 112 Å². The van der Waals surface area contributed by atoms with Crippen LogP contribution in [0.4, 0.5) is 0 Å². The molecule has 0 radical (unpaired) electrons. The van der Waals surface area contributed by atoms with Gasteiger partial charge in [0.05, 0.1) is 19.8 Å². The van der Waals surface area contributed by atoms with Gasteiger partial charge < -0.3 is 14.8 Å². The first-order chi connectivity index (χ1) is 8.47. The van der Waals surface area contributed by atoms with Gasteiger partial charge in [0.25, 0.3) is 0 Å². The molecule has 1 rings (SSSR count). The lowest BCUT2D eigenvalue weighted by Crippen LogP contribution is -2.60. The van der Waals surface area contributed by atoms with E-state index in [0.717, 1.165) is 39.5 Å². The molecule has 0 aromatic carbocycles. The van der Waals surface area contributed by atoms with Gasteiger partial charge in [0.2, 0.25) is 0 Å². The van der Waals surface area contributed by atoms with Crippen LogP contribution in [0.3, 0.4) is 0 Å². The minimum atomic E-state index is 0.0982. The van der Waals surface area contributed by atoms with Crippen molar-refractivity contribution in [2.45, 2.75) is 39.3 Å². The van der Waals surface area contributed by atoms with E-state index in [0.29, 0.717) is 12.0 Å². The Morgan fingerprint density at radius 3 is 2.61 bits per heavy atom. The van der Waals surface area contributed by atoms with Gasteiger partial charge in [-0.3, -0.25) is 4.90 Å². The molecule has 1 unspecified atom stereocenters. The van der Waals surface area contributed by atoms with E-state index >= 15 is 0 Å². The van der Waals surface area contributed by atoms with Gasteiger partial charge in [-0.05, 0) is 26.3 Å². The lowest BCUT2D eigenvalue weighted by molar-refractivity contribution is -0.0831. The summed E-state index contributed by atoms with van der Waals surface area (Å²) in [6, 6.07) is 0.424. The van der Waals surface area contributed by atoms with Gasteiger partial charge in [-0.2, -0.15) is 0 Å². The number of hydrogen-bond acceptors (Lipinski definition) is 4. The van der Waals surface area contributed by atoms with Crippen LogP contribution in [0.25, 0.3) is 0 Å². The summed E-state index contributed by atoms with van der Waals surface area (Å²) in [5.74, 6) is 0.686. The van der Waals surface area contributed by atoms with Gasteiger partial charge in [-0.1, -0.05) is 13.8 Å². The third-order valence-corrected chi connectivity index (χ3v) is 3.44. The molecule has 1 aliphatic heterocycles. The van der Waals surface area contributed by atoms with Crippen LogP contribution in [0.15, 0.2) is 0 Å². The van der Waals surface area contributed by atoms with Crippen molar-refractivity contribution >= 4 is 0 Å². The molecule has 0 aromatic heterocycles. The van der Waals surface area contributed by atoms with Crippen molar-refractivity contribution in [2.75, 3.05) is 46.6 Å². The second kappa shape index (κ2) is 7.43. The van der Waals surface area contributed by atoms with Crippen LogP contribution in [-0.2, 0) is 9.47 Å². The van der Waals surface area contributed by atoms with E-state index in [4.69, 9.17) is 9.47 Å². The average molecular weight is 258 g/mol. The van der Waals surface area contributed by atoms with E-state index < -0.39 is 0 Å². The van der Waals surface area contributed by atoms with E-state index in [9.17, 15) is 0 Å². The van der Waals surface area contributed by atoms with Gasteiger partial charge in [0.15, 0.2) is 0 Å². The molecule has 1 aliphatic rings. The van der Waals surface area contributed by atoms with Crippen LogP contribution in [0.1, 0.15) is 27.7 Å². The number of nitrogens with zero attached hydrogens (tertiary/aromatic N) is 1. The third kappa shape index (κ3) is 4.84. The Kier molecular flexibility index (Phi) is 6.57. The largest absolute Gasteiger partial charge is 0.383 e. The highest BCUT2D eigenvalue weighted by Gasteiger charge is 2.35. The summed E-state index contributed by atoms with van der Waals surface area (Å²) in [7, 11) is 1.78. The quantitative estimate of drug-likeness (QED) is 0.747. The Morgan fingerprint density at radius 1 is 1.33 bits per heavy atom. The fourth-order valence-electron chi connectivity index (χ4n) is 2.54. The Balaban J connectivity index is 2.53. The molecule has 0 spiro atoms. The van der Waals surface area contributed by atoms with E-state index in [1.807, 2.05) is 0 Å². The van der Waals surface area contributed by atoms with Crippen LogP contribution >= 0.6 is 0 Å². The molecule has 0 bridgehead atoms. The van der Waals surface area contributed by atoms with E-state index in [-0.39, 0.29) is 5.54 Å². The molecule has 4 heteroatoms.